The summed E-state index contributed by atoms with van der Waals surface area (Å²) >= 11 is 0. The maximum atomic E-state index is 14.1. The third kappa shape index (κ3) is 5.98. The van der Waals surface area contributed by atoms with Gasteiger partial charge in [0, 0.05) is 29.8 Å². The predicted octanol–water partition coefficient (Wildman–Crippen LogP) is 5.65. The number of hydrogen-bond acceptors (Lipinski definition) is 8. The minimum Gasteiger partial charge on any atom is -0.496 e. The molecule has 1 aliphatic heterocycles. The fourth-order valence-corrected chi connectivity index (χ4v) is 6.09. The normalized spacial score (nSPS) is 17.2. The van der Waals surface area contributed by atoms with Crippen LogP contribution in [0.1, 0.15) is 43.9 Å². The molecule has 2 aliphatic rings. The fourth-order valence-electron chi connectivity index (χ4n) is 6.09. The summed E-state index contributed by atoms with van der Waals surface area (Å²) in [6.45, 7) is 4.49. The van der Waals surface area contributed by atoms with Gasteiger partial charge in [-0.2, -0.15) is 0 Å². The average Bonchev–Trinajstić information content (AvgIpc) is 3.13. The predicted molar refractivity (Wildman–Crippen MR) is 166 cm³/mol. The van der Waals surface area contributed by atoms with Gasteiger partial charge in [0.2, 0.25) is 11.7 Å². The van der Waals surface area contributed by atoms with Crippen LogP contribution in [0.15, 0.2) is 71.9 Å². The largest absolute Gasteiger partial charge is 0.496 e. The number of Topliss-reactive ketones (excluding diaryl/α,β-unsaturated/α-hetero) is 1. The molecule has 0 saturated heterocycles. The first kappa shape index (κ1) is 29.8. The third-order valence-electron chi connectivity index (χ3n) is 7.99. The van der Waals surface area contributed by atoms with Crippen LogP contribution in [0.2, 0.25) is 0 Å². The van der Waals surface area contributed by atoms with Crippen molar-refractivity contribution in [3.63, 3.8) is 0 Å². The van der Waals surface area contributed by atoms with Crippen molar-refractivity contribution in [2.45, 2.75) is 39.3 Å². The second kappa shape index (κ2) is 12.3. The summed E-state index contributed by atoms with van der Waals surface area (Å²) in [5.41, 5.74) is 4.49. The molecule has 0 bridgehead atoms. The van der Waals surface area contributed by atoms with Gasteiger partial charge in [-0.3, -0.25) is 9.59 Å². The van der Waals surface area contributed by atoms with E-state index in [1.165, 1.54) is 0 Å². The van der Waals surface area contributed by atoms with Crippen LogP contribution in [0.5, 0.6) is 23.0 Å². The molecule has 0 fully saturated rings. The van der Waals surface area contributed by atoms with E-state index in [9.17, 15) is 9.59 Å². The molecule has 0 saturated carbocycles. The number of hydrogen-bond donors (Lipinski definition) is 2. The summed E-state index contributed by atoms with van der Waals surface area (Å²) in [7, 11) is 6.29. The highest BCUT2D eigenvalue weighted by molar-refractivity contribution is 6.02. The molecule has 0 spiro atoms. The number of ether oxygens (including phenoxy) is 4. The van der Waals surface area contributed by atoms with Crippen LogP contribution < -0.4 is 34.5 Å². The zero-order chi connectivity index (χ0) is 30.7. The maximum absolute atomic E-state index is 14.1. The van der Waals surface area contributed by atoms with E-state index in [-0.39, 0.29) is 23.7 Å². The zero-order valence-corrected chi connectivity index (χ0v) is 25.6. The molecular weight excluding hydrogens is 546 g/mol. The first-order valence-electron chi connectivity index (χ1n) is 14.3. The Balaban J connectivity index is 1.64. The Morgan fingerprint density at radius 3 is 2.23 bits per heavy atom. The lowest BCUT2D eigenvalue weighted by molar-refractivity contribution is -0.121. The van der Waals surface area contributed by atoms with Gasteiger partial charge in [-0.25, -0.2) is 0 Å². The van der Waals surface area contributed by atoms with Crippen molar-refractivity contribution in [2.75, 3.05) is 45.2 Å². The van der Waals surface area contributed by atoms with Gasteiger partial charge in [-0.1, -0.05) is 44.2 Å². The van der Waals surface area contributed by atoms with Crippen molar-refractivity contribution in [1.82, 2.24) is 5.32 Å². The number of nitrogens with one attached hydrogen (secondary N) is 2. The summed E-state index contributed by atoms with van der Waals surface area (Å²) in [5.74, 6) is 1.91. The van der Waals surface area contributed by atoms with E-state index in [0.717, 1.165) is 28.2 Å². The number of benzene rings is 3. The Bertz CT molecular complexity index is 1540. The monoisotopic (exact) mass is 585 g/mol. The molecule has 1 unspecified atom stereocenters. The van der Waals surface area contributed by atoms with Gasteiger partial charge >= 0.3 is 0 Å². The van der Waals surface area contributed by atoms with Crippen LogP contribution in [-0.4, -0.2) is 46.7 Å². The lowest BCUT2D eigenvalue weighted by Gasteiger charge is -2.38. The lowest BCUT2D eigenvalue weighted by atomic mass is 9.73. The maximum Gasteiger partial charge on any atom is 0.239 e. The molecule has 1 amide bonds. The smallest absolute Gasteiger partial charge is 0.239 e. The minimum absolute atomic E-state index is 0.0113. The molecule has 3 aromatic carbocycles. The number of carbonyl (C=O) groups is 2. The van der Waals surface area contributed by atoms with E-state index in [1.54, 1.807) is 28.4 Å². The molecule has 2 N–H and O–H groups in total. The van der Waals surface area contributed by atoms with Gasteiger partial charge in [-0.05, 0) is 47.7 Å². The van der Waals surface area contributed by atoms with E-state index in [0.29, 0.717) is 48.0 Å². The van der Waals surface area contributed by atoms with Gasteiger partial charge in [0.15, 0.2) is 17.3 Å². The molecule has 1 atom stereocenters. The highest BCUT2D eigenvalue weighted by atomic mass is 16.5. The third-order valence-corrected chi connectivity index (χ3v) is 7.99. The number of carbonyl (C=O) groups excluding carboxylic acids is 2. The molecule has 3 aromatic rings. The molecule has 0 aromatic heterocycles. The molecule has 9 nitrogen and oxygen atoms in total. The summed E-state index contributed by atoms with van der Waals surface area (Å²) < 4.78 is 22.5. The molecule has 1 heterocycles. The van der Waals surface area contributed by atoms with Gasteiger partial charge in [-0.15, -0.1) is 0 Å². The van der Waals surface area contributed by atoms with Crippen LogP contribution in [0.4, 0.5) is 11.4 Å². The van der Waals surface area contributed by atoms with Gasteiger partial charge < -0.3 is 34.5 Å². The zero-order valence-electron chi connectivity index (χ0n) is 25.6. The van der Waals surface area contributed by atoms with Crippen LogP contribution in [0.3, 0.4) is 0 Å². The number of anilines is 2. The second-order valence-corrected chi connectivity index (χ2v) is 11.6. The lowest BCUT2D eigenvalue weighted by Crippen LogP contribution is -2.42. The molecule has 9 heteroatoms. The van der Waals surface area contributed by atoms with Crippen molar-refractivity contribution in [3.8, 4) is 23.0 Å². The van der Waals surface area contributed by atoms with Crippen LogP contribution in [-0.2, 0) is 16.1 Å². The van der Waals surface area contributed by atoms with Gasteiger partial charge in [0.05, 0.1) is 52.4 Å². The summed E-state index contributed by atoms with van der Waals surface area (Å²) in [5, 5.41) is 6.64. The highest BCUT2D eigenvalue weighted by Gasteiger charge is 2.42. The van der Waals surface area contributed by atoms with Crippen molar-refractivity contribution >= 4 is 23.1 Å². The Labute approximate surface area is 252 Å². The van der Waals surface area contributed by atoms with E-state index in [2.05, 4.69) is 24.5 Å². The van der Waals surface area contributed by atoms with Gasteiger partial charge in [0.25, 0.3) is 0 Å². The molecule has 43 heavy (non-hydrogen) atoms. The Morgan fingerprint density at radius 1 is 0.907 bits per heavy atom. The molecule has 0 radical (unpaired) electrons. The van der Waals surface area contributed by atoms with E-state index < -0.39 is 6.04 Å². The van der Waals surface area contributed by atoms with Gasteiger partial charge in [0.1, 0.15) is 5.75 Å². The Kier molecular flexibility index (Phi) is 8.52. The summed E-state index contributed by atoms with van der Waals surface area (Å²) in [6.07, 6.45) is 1.07. The van der Waals surface area contributed by atoms with Crippen LogP contribution in [0.25, 0.3) is 0 Å². The van der Waals surface area contributed by atoms with Crippen molar-refractivity contribution in [2.24, 2.45) is 5.41 Å². The number of para-hydroxylation sites is 3. The number of ketones is 1. The Hall–Kier alpha value is -4.66. The number of methoxy groups -OCH3 is 4. The van der Waals surface area contributed by atoms with E-state index >= 15 is 0 Å². The second-order valence-electron chi connectivity index (χ2n) is 11.6. The van der Waals surface area contributed by atoms with Crippen LogP contribution in [0, 0.1) is 5.41 Å². The van der Waals surface area contributed by atoms with Crippen LogP contribution >= 0.6 is 0 Å². The number of fused-ring (bicyclic) bond motifs is 1. The quantitative estimate of drug-likeness (QED) is 0.332. The number of rotatable bonds is 9. The Morgan fingerprint density at radius 2 is 1.56 bits per heavy atom. The van der Waals surface area contributed by atoms with Crippen molar-refractivity contribution < 1.29 is 28.5 Å². The fraction of sp³-hybridized carbons (Fsp3) is 0.353. The molecule has 5 rings (SSSR count). The highest BCUT2D eigenvalue weighted by Crippen LogP contribution is 2.50. The summed E-state index contributed by atoms with van der Waals surface area (Å²) in [4.78, 5) is 29.7. The van der Waals surface area contributed by atoms with E-state index in [1.807, 2.05) is 65.6 Å². The standard InChI is InChI=1S/C34H39N3O6/c1-34(2)17-24-31(26(38)18-34)32(22-15-28(41-4)33(43-6)29(16-22)42-5)37(25-13-9-8-12-23(25)36-24)20-30(39)35-19-21-11-7-10-14-27(21)40-3/h7-16,32,36H,17-20H2,1-6H3,(H,35,39). The first-order valence-corrected chi connectivity index (χ1v) is 14.3. The van der Waals surface area contributed by atoms with Crippen molar-refractivity contribution in [1.29, 1.82) is 0 Å². The molecular formula is C34H39N3O6. The van der Waals surface area contributed by atoms with Crippen molar-refractivity contribution in [3.05, 3.63) is 83.1 Å². The number of amides is 1. The SMILES string of the molecule is COc1ccccc1CNC(=O)CN1c2ccccc2NC2=C(C(=O)CC(C)(C)C2)C1c1cc(OC)c(OC)c(OC)c1. The first-order chi connectivity index (χ1) is 20.7. The number of nitrogens with zero attached hydrogens (tertiary/aromatic N) is 1. The minimum atomic E-state index is -0.611. The molecule has 1 aliphatic carbocycles. The molecule has 226 valence electrons. The summed E-state index contributed by atoms with van der Waals surface area (Å²) in [6, 6.07) is 18.5. The number of allylic oxidation sites excluding steroid dienone is 1. The topological polar surface area (TPSA) is 98.4 Å². The average molecular weight is 586 g/mol. The van der Waals surface area contributed by atoms with E-state index in [4.69, 9.17) is 18.9 Å².